The molecule has 0 unspecified atom stereocenters. The fourth-order valence-corrected chi connectivity index (χ4v) is 3.14. The molecule has 0 saturated carbocycles. The van der Waals surface area contributed by atoms with Crippen molar-refractivity contribution in [1.29, 1.82) is 5.26 Å². The van der Waals surface area contributed by atoms with Gasteiger partial charge in [-0.15, -0.1) is 0 Å². The first-order chi connectivity index (χ1) is 12.7. The summed E-state index contributed by atoms with van der Waals surface area (Å²) in [5, 5.41) is 19.2. The molecule has 0 radical (unpaired) electrons. The molecular formula is C20H24N4O2. The van der Waals surface area contributed by atoms with Gasteiger partial charge in [-0.1, -0.05) is 30.3 Å². The van der Waals surface area contributed by atoms with Gasteiger partial charge in [0.05, 0.1) is 25.4 Å². The minimum absolute atomic E-state index is 0.000210. The Morgan fingerprint density at radius 1 is 1.27 bits per heavy atom. The van der Waals surface area contributed by atoms with E-state index in [9.17, 15) is 10.4 Å². The molecule has 0 atom stereocenters. The minimum atomic E-state index is 0.000210. The molecule has 6 heteroatoms. The molecule has 0 bridgehead atoms. The molecule has 0 amide bonds. The van der Waals surface area contributed by atoms with Gasteiger partial charge in [-0.3, -0.25) is 0 Å². The number of aliphatic hydroxyl groups excluding tert-OH is 1. The number of nitriles is 1. The van der Waals surface area contributed by atoms with E-state index in [1.807, 2.05) is 48.2 Å². The van der Waals surface area contributed by atoms with Crippen LogP contribution in [0.2, 0.25) is 0 Å². The zero-order chi connectivity index (χ0) is 18.4. The van der Waals surface area contributed by atoms with E-state index in [4.69, 9.17) is 9.72 Å². The normalized spacial score (nSPS) is 14.1. The lowest BCUT2D eigenvalue weighted by atomic mass is 10.1. The maximum atomic E-state index is 9.67. The van der Waals surface area contributed by atoms with Crippen LogP contribution in [0.3, 0.4) is 0 Å². The van der Waals surface area contributed by atoms with E-state index >= 15 is 0 Å². The SMILES string of the molecule is Cc1cc(N2CCOCC2)nc(N(CCO)Cc2ccccc2)c1C#N. The number of anilines is 2. The van der Waals surface area contributed by atoms with Crippen molar-refractivity contribution in [3.63, 3.8) is 0 Å². The molecule has 26 heavy (non-hydrogen) atoms. The first-order valence-electron chi connectivity index (χ1n) is 8.87. The molecule has 1 aromatic carbocycles. The molecule has 1 aliphatic heterocycles. The molecule has 1 saturated heterocycles. The van der Waals surface area contributed by atoms with Gasteiger partial charge in [-0.25, -0.2) is 4.98 Å². The van der Waals surface area contributed by atoms with Gasteiger partial charge >= 0.3 is 0 Å². The first kappa shape index (κ1) is 18.2. The third-order valence-corrected chi connectivity index (χ3v) is 4.52. The number of aromatic nitrogens is 1. The lowest BCUT2D eigenvalue weighted by Gasteiger charge is -2.30. The average molecular weight is 352 g/mol. The largest absolute Gasteiger partial charge is 0.395 e. The fraction of sp³-hybridized carbons (Fsp3) is 0.400. The van der Waals surface area contributed by atoms with Crippen LogP contribution in [0.25, 0.3) is 0 Å². The summed E-state index contributed by atoms with van der Waals surface area (Å²) in [6.45, 7) is 5.89. The van der Waals surface area contributed by atoms with E-state index in [-0.39, 0.29) is 6.61 Å². The molecule has 3 rings (SSSR count). The van der Waals surface area contributed by atoms with Gasteiger partial charge in [0.15, 0.2) is 0 Å². The summed E-state index contributed by atoms with van der Waals surface area (Å²) in [6.07, 6.45) is 0. The summed E-state index contributed by atoms with van der Waals surface area (Å²) < 4.78 is 5.43. The van der Waals surface area contributed by atoms with Crippen LogP contribution in [0.4, 0.5) is 11.6 Å². The second-order valence-electron chi connectivity index (χ2n) is 6.34. The fourth-order valence-electron chi connectivity index (χ4n) is 3.14. The zero-order valence-corrected chi connectivity index (χ0v) is 15.1. The summed E-state index contributed by atoms with van der Waals surface area (Å²) in [4.78, 5) is 8.96. The Morgan fingerprint density at radius 3 is 2.65 bits per heavy atom. The van der Waals surface area contributed by atoms with Gasteiger partial charge in [0.1, 0.15) is 17.7 Å². The monoisotopic (exact) mass is 352 g/mol. The number of ether oxygens (including phenoxy) is 1. The van der Waals surface area contributed by atoms with Crippen molar-refractivity contribution in [3.05, 3.63) is 53.1 Å². The third kappa shape index (κ3) is 4.13. The predicted octanol–water partition coefficient (Wildman–Crippen LogP) is 2.10. The highest BCUT2D eigenvalue weighted by Crippen LogP contribution is 2.27. The van der Waals surface area contributed by atoms with Crippen molar-refractivity contribution >= 4 is 11.6 Å². The van der Waals surface area contributed by atoms with Crippen molar-refractivity contribution < 1.29 is 9.84 Å². The summed E-state index contributed by atoms with van der Waals surface area (Å²) in [6, 6.07) is 14.3. The van der Waals surface area contributed by atoms with Gasteiger partial charge in [0.25, 0.3) is 0 Å². The second-order valence-corrected chi connectivity index (χ2v) is 6.34. The number of aliphatic hydroxyl groups is 1. The average Bonchev–Trinajstić information content (AvgIpc) is 2.68. The quantitative estimate of drug-likeness (QED) is 0.858. The molecule has 1 N–H and O–H groups in total. The number of aryl methyl sites for hydroxylation is 1. The first-order valence-corrected chi connectivity index (χ1v) is 8.87. The van der Waals surface area contributed by atoms with Crippen LogP contribution < -0.4 is 9.80 Å². The van der Waals surface area contributed by atoms with Crippen LogP contribution >= 0.6 is 0 Å². The molecule has 2 aromatic rings. The number of hydrogen-bond donors (Lipinski definition) is 1. The number of pyridine rings is 1. The Bertz CT molecular complexity index is 767. The Kier molecular flexibility index (Phi) is 6.05. The Morgan fingerprint density at radius 2 is 2.00 bits per heavy atom. The highest BCUT2D eigenvalue weighted by atomic mass is 16.5. The molecular weight excluding hydrogens is 328 g/mol. The van der Waals surface area contributed by atoms with Gasteiger partial charge in [-0.05, 0) is 24.1 Å². The maximum absolute atomic E-state index is 9.67. The van der Waals surface area contributed by atoms with Crippen LogP contribution in [0.1, 0.15) is 16.7 Å². The molecule has 0 aliphatic carbocycles. The summed E-state index contributed by atoms with van der Waals surface area (Å²) in [7, 11) is 0. The summed E-state index contributed by atoms with van der Waals surface area (Å²) >= 11 is 0. The lowest BCUT2D eigenvalue weighted by molar-refractivity contribution is 0.122. The summed E-state index contributed by atoms with van der Waals surface area (Å²) in [5.41, 5.74) is 2.57. The molecule has 1 fully saturated rings. The highest BCUT2D eigenvalue weighted by Gasteiger charge is 2.20. The van der Waals surface area contributed by atoms with Crippen molar-refractivity contribution in [3.8, 4) is 6.07 Å². The molecule has 1 aromatic heterocycles. The number of nitrogens with zero attached hydrogens (tertiary/aromatic N) is 4. The topological polar surface area (TPSA) is 72.6 Å². The van der Waals surface area contributed by atoms with Crippen molar-refractivity contribution in [2.45, 2.75) is 13.5 Å². The lowest BCUT2D eigenvalue weighted by Crippen LogP contribution is -2.37. The van der Waals surface area contributed by atoms with E-state index in [0.717, 1.165) is 30.0 Å². The van der Waals surface area contributed by atoms with Crippen LogP contribution in [-0.4, -0.2) is 49.5 Å². The van der Waals surface area contributed by atoms with Gasteiger partial charge in [0.2, 0.25) is 0 Å². The minimum Gasteiger partial charge on any atom is -0.395 e. The Balaban J connectivity index is 1.98. The molecule has 0 spiro atoms. The van der Waals surface area contributed by atoms with Crippen LogP contribution in [-0.2, 0) is 11.3 Å². The number of hydrogen-bond acceptors (Lipinski definition) is 6. The number of rotatable bonds is 6. The number of morpholine rings is 1. The van der Waals surface area contributed by atoms with E-state index < -0.39 is 0 Å². The highest BCUT2D eigenvalue weighted by molar-refractivity contribution is 5.63. The molecule has 136 valence electrons. The van der Waals surface area contributed by atoms with E-state index in [0.29, 0.717) is 37.7 Å². The van der Waals surface area contributed by atoms with Crippen molar-refractivity contribution in [2.24, 2.45) is 0 Å². The Hall–Kier alpha value is -2.62. The zero-order valence-electron chi connectivity index (χ0n) is 15.1. The maximum Gasteiger partial charge on any atom is 0.149 e. The van der Waals surface area contributed by atoms with Crippen LogP contribution in [0.15, 0.2) is 36.4 Å². The molecule has 1 aliphatic rings. The van der Waals surface area contributed by atoms with Crippen LogP contribution in [0.5, 0.6) is 0 Å². The smallest absolute Gasteiger partial charge is 0.149 e. The van der Waals surface area contributed by atoms with E-state index in [1.165, 1.54) is 0 Å². The van der Waals surface area contributed by atoms with Crippen molar-refractivity contribution in [1.82, 2.24) is 4.98 Å². The van der Waals surface area contributed by atoms with Crippen LogP contribution in [0, 0.1) is 18.3 Å². The Labute approximate surface area is 154 Å². The second kappa shape index (κ2) is 8.65. The van der Waals surface area contributed by atoms with E-state index in [2.05, 4.69) is 11.0 Å². The van der Waals surface area contributed by atoms with Gasteiger partial charge in [-0.2, -0.15) is 5.26 Å². The summed E-state index contributed by atoms with van der Waals surface area (Å²) in [5.74, 6) is 1.49. The van der Waals surface area contributed by atoms with Crippen molar-refractivity contribution in [2.75, 3.05) is 49.3 Å². The van der Waals surface area contributed by atoms with Gasteiger partial charge in [0, 0.05) is 26.2 Å². The molecule has 6 nitrogen and oxygen atoms in total. The molecule has 2 heterocycles. The number of benzene rings is 1. The third-order valence-electron chi connectivity index (χ3n) is 4.52. The van der Waals surface area contributed by atoms with Gasteiger partial charge < -0.3 is 19.6 Å². The van der Waals surface area contributed by atoms with E-state index in [1.54, 1.807) is 0 Å². The standard InChI is InChI=1S/C20H24N4O2/c1-16-13-19(23-8-11-26-12-9-23)22-20(18(16)14-21)24(7-10-25)15-17-5-3-2-4-6-17/h2-6,13,25H,7-12,15H2,1H3. The predicted molar refractivity (Wildman–Crippen MR) is 101 cm³/mol.